The minimum Gasteiger partial charge on any atom is -0.435 e. The number of hydrogen-bond donors (Lipinski definition) is 1. The first kappa shape index (κ1) is 15.7. The van der Waals surface area contributed by atoms with Gasteiger partial charge in [0.1, 0.15) is 5.75 Å². The lowest BCUT2D eigenvalue weighted by Crippen LogP contribution is -2.21. The molecule has 5 nitrogen and oxygen atoms in total. The summed E-state index contributed by atoms with van der Waals surface area (Å²) in [5.74, 6) is -0.179. The molecule has 0 aliphatic heterocycles. The molecule has 1 N–H and O–H groups in total. The van der Waals surface area contributed by atoms with Crippen LogP contribution in [0.1, 0.15) is 11.3 Å². The molecule has 0 saturated carbocycles. The quantitative estimate of drug-likeness (QED) is 0.834. The van der Waals surface area contributed by atoms with Gasteiger partial charge in [-0.1, -0.05) is 12.1 Å². The van der Waals surface area contributed by atoms with E-state index in [4.69, 9.17) is 0 Å². The fraction of sp³-hybridized carbons (Fsp3) is 0.200. The molecule has 0 saturated heterocycles. The lowest BCUT2D eigenvalue weighted by molar-refractivity contribution is -0.116. The van der Waals surface area contributed by atoms with Crippen LogP contribution in [-0.2, 0) is 18.4 Å². The van der Waals surface area contributed by atoms with Gasteiger partial charge in [-0.25, -0.2) is 0 Å². The van der Waals surface area contributed by atoms with Crippen LogP contribution in [0.4, 0.5) is 8.78 Å². The van der Waals surface area contributed by atoms with E-state index >= 15 is 0 Å². The number of alkyl halides is 2. The monoisotopic (exact) mass is 307 g/mol. The molecule has 0 radical (unpaired) electrons. The number of rotatable bonds is 6. The number of aryl methyl sites for hydroxylation is 1. The molecule has 22 heavy (non-hydrogen) atoms. The Balaban J connectivity index is 1.85. The Morgan fingerprint density at radius 2 is 2.09 bits per heavy atom. The topological polar surface area (TPSA) is 56.2 Å². The van der Waals surface area contributed by atoms with E-state index in [9.17, 15) is 13.6 Å². The number of aromatic nitrogens is 2. The molecule has 116 valence electrons. The van der Waals surface area contributed by atoms with E-state index in [2.05, 4.69) is 15.2 Å². The number of carbonyl (C=O) groups excluding carboxylic acids is 1. The van der Waals surface area contributed by atoms with Crippen molar-refractivity contribution in [2.45, 2.75) is 13.2 Å². The number of carbonyl (C=O) groups is 1. The van der Waals surface area contributed by atoms with Crippen molar-refractivity contribution in [2.75, 3.05) is 0 Å². The third-order valence-corrected chi connectivity index (χ3v) is 2.90. The predicted octanol–water partition coefficient (Wildman–Crippen LogP) is 2.35. The summed E-state index contributed by atoms with van der Waals surface area (Å²) >= 11 is 0. The van der Waals surface area contributed by atoms with E-state index < -0.39 is 6.61 Å². The highest BCUT2D eigenvalue weighted by Crippen LogP contribution is 2.15. The molecular weight excluding hydrogens is 292 g/mol. The van der Waals surface area contributed by atoms with Gasteiger partial charge in [0.25, 0.3) is 0 Å². The van der Waals surface area contributed by atoms with Gasteiger partial charge in [-0.2, -0.15) is 13.9 Å². The van der Waals surface area contributed by atoms with Gasteiger partial charge in [0.2, 0.25) is 5.91 Å². The zero-order valence-electron chi connectivity index (χ0n) is 11.9. The molecular formula is C15H15F2N3O2. The van der Waals surface area contributed by atoms with Crippen LogP contribution in [0.15, 0.2) is 42.6 Å². The Hall–Kier alpha value is -2.70. The van der Waals surface area contributed by atoms with Crippen molar-refractivity contribution in [1.29, 1.82) is 0 Å². The Morgan fingerprint density at radius 3 is 2.68 bits per heavy atom. The average molecular weight is 307 g/mol. The third kappa shape index (κ3) is 4.69. The lowest BCUT2D eigenvalue weighted by atomic mass is 10.2. The van der Waals surface area contributed by atoms with Crippen LogP contribution in [0.3, 0.4) is 0 Å². The van der Waals surface area contributed by atoms with Gasteiger partial charge in [-0.05, 0) is 29.8 Å². The van der Waals surface area contributed by atoms with Crippen LogP contribution < -0.4 is 10.1 Å². The summed E-state index contributed by atoms with van der Waals surface area (Å²) in [7, 11) is 1.79. The number of ether oxygens (including phenoxy) is 1. The zero-order chi connectivity index (χ0) is 15.9. The van der Waals surface area contributed by atoms with E-state index in [1.165, 1.54) is 18.2 Å². The largest absolute Gasteiger partial charge is 0.435 e. The first-order chi connectivity index (χ1) is 10.5. The molecule has 2 rings (SSSR count). The molecule has 0 aliphatic rings. The third-order valence-electron chi connectivity index (χ3n) is 2.90. The molecule has 7 heteroatoms. The van der Waals surface area contributed by atoms with Crippen molar-refractivity contribution in [2.24, 2.45) is 7.05 Å². The first-order valence-electron chi connectivity index (χ1n) is 6.52. The summed E-state index contributed by atoms with van der Waals surface area (Å²) in [4.78, 5) is 11.7. The van der Waals surface area contributed by atoms with Crippen LogP contribution in [0.5, 0.6) is 5.75 Å². The molecule has 2 aromatic rings. The molecule has 0 bridgehead atoms. The van der Waals surface area contributed by atoms with Gasteiger partial charge in [-0.15, -0.1) is 0 Å². The van der Waals surface area contributed by atoms with Crippen LogP contribution in [0.2, 0.25) is 0 Å². The summed E-state index contributed by atoms with van der Waals surface area (Å²) in [5, 5.41) is 6.72. The van der Waals surface area contributed by atoms with E-state index in [1.54, 1.807) is 36.1 Å². The minimum atomic E-state index is -2.85. The fourth-order valence-corrected chi connectivity index (χ4v) is 1.74. The van der Waals surface area contributed by atoms with E-state index in [0.29, 0.717) is 12.1 Å². The normalized spacial score (nSPS) is 11.1. The molecule has 0 unspecified atom stereocenters. The van der Waals surface area contributed by atoms with Crippen LogP contribution >= 0.6 is 0 Å². The average Bonchev–Trinajstić information content (AvgIpc) is 2.89. The van der Waals surface area contributed by atoms with Gasteiger partial charge in [0, 0.05) is 19.3 Å². The molecule has 0 aliphatic carbocycles. The summed E-state index contributed by atoms with van der Waals surface area (Å²) in [5.41, 5.74) is 1.59. The molecule has 0 atom stereocenters. The van der Waals surface area contributed by atoms with Gasteiger partial charge in [0.15, 0.2) is 0 Å². The summed E-state index contributed by atoms with van der Waals surface area (Å²) in [6, 6.07) is 7.82. The number of hydrogen-bond acceptors (Lipinski definition) is 3. The first-order valence-corrected chi connectivity index (χ1v) is 6.52. The maximum atomic E-state index is 12.0. The van der Waals surface area contributed by atoms with E-state index in [0.717, 1.165) is 5.69 Å². The van der Waals surface area contributed by atoms with Crippen molar-refractivity contribution in [1.82, 2.24) is 15.1 Å². The highest BCUT2D eigenvalue weighted by molar-refractivity contribution is 5.91. The van der Waals surface area contributed by atoms with E-state index in [1.807, 2.05) is 6.07 Å². The second-order valence-corrected chi connectivity index (χ2v) is 4.44. The zero-order valence-corrected chi connectivity index (χ0v) is 11.9. The number of benzene rings is 1. The number of nitrogens with one attached hydrogen (secondary N) is 1. The maximum absolute atomic E-state index is 12.0. The molecule has 0 spiro atoms. The Morgan fingerprint density at radius 1 is 1.36 bits per heavy atom. The highest BCUT2D eigenvalue weighted by Gasteiger charge is 2.03. The summed E-state index contributed by atoms with van der Waals surface area (Å²) < 4.78 is 29.9. The van der Waals surface area contributed by atoms with Gasteiger partial charge in [0.05, 0.1) is 12.2 Å². The van der Waals surface area contributed by atoms with Crippen molar-refractivity contribution in [3.63, 3.8) is 0 Å². The van der Waals surface area contributed by atoms with Gasteiger partial charge < -0.3 is 10.1 Å². The van der Waals surface area contributed by atoms with Crippen molar-refractivity contribution < 1.29 is 18.3 Å². The summed E-state index contributed by atoms with van der Waals surface area (Å²) in [6.45, 7) is -2.47. The Labute approximate surface area is 126 Å². The van der Waals surface area contributed by atoms with Crippen LogP contribution in [-0.4, -0.2) is 22.3 Å². The Kier molecular flexibility index (Phi) is 5.24. The fourth-order valence-electron chi connectivity index (χ4n) is 1.74. The molecule has 1 amide bonds. The minimum absolute atomic E-state index is 0.0767. The lowest BCUT2D eigenvalue weighted by Gasteiger charge is -2.04. The second kappa shape index (κ2) is 7.35. The SMILES string of the molecule is Cn1nccc1CNC(=O)/C=C\c1ccc(OC(F)F)cc1. The second-order valence-electron chi connectivity index (χ2n) is 4.44. The number of amides is 1. The molecule has 1 heterocycles. The molecule has 1 aromatic carbocycles. The number of nitrogens with zero attached hydrogens (tertiary/aromatic N) is 2. The van der Waals surface area contributed by atoms with Crippen molar-refractivity contribution >= 4 is 12.0 Å². The Bertz CT molecular complexity index is 651. The van der Waals surface area contributed by atoms with Crippen molar-refractivity contribution in [3.8, 4) is 5.75 Å². The molecule has 0 fully saturated rings. The van der Waals surface area contributed by atoms with E-state index in [-0.39, 0.29) is 11.7 Å². The van der Waals surface area contributed by atoms with Gasteiger partial charge >= 0.3 is 6.61 Å². The highest BCUT2D eigenvalue weighted by atomic mass is 19.3. The molecule has 1 aromatic heterocycles. The standard InChI is InChI=1S/C15H15F2N3O2/c1-20-12(8-9-19-20)10-18-14(21)7-4-11-2-5-13(6-3-11)22-15(16)17/h2-9,15H,10H2,1H3,(H,18,21)/b7-4-. The smallest absolute Gasteiger partial charge is 0.387 e. The number of halogens is 2. The summed E-state index contributed by atoms with van der Waals surface area (Å²) in [6.07, 6.45) is 4.62. The van der Waals surface area contributed by atoms with Gasteiger partial charge in [-0.3, -0.25) is 9.48 Å². The van der Waals surface area contributed by atoms with Crippen LogP contribution in [0.25, 0.3) is 6.08 Å². The van der Waals surface area contributed by atoms with Crippen LogP contribution in [0, 0.1) is 0 Å². The van der Waals surface area contributed by atoms with Crippen molar-refractivity contribution in [3.05, 3.63) is 53.9 Å². The predicted molar refractivity (Wildman–Crippen MR) is 77.2 cm³/mol. The maximum Gasteiger partial charge on any atom is 0.387 e.